The molecule has 0 spiro atoms. The minimum atomic E-state index is -4.82. The minimum absolute atomic E-state index is 0.0554. The second-order valence-corrected chi connectivity index (χ2v) is 5.56. The molecule has 1 saturated heterocycles. The summed E-state index contributed by atoms with van der Waals surface area (Å²) in [5.74, 6) is -0.387. The summed E-state index contributed by atoms with van der Waals surface area (Å²) < 4.78 is 46.3. The summed E-state index contributed by atoms with van der Waals surface area (Å²) in [7, 11) is 1.65. The van der Waals surface area contributed by atoms with Crippen LogP contribution in [0.15, 0.2) is 24.3 Å². The molecule has 0 radical (unpaired) electrons. The van der Waals surface area contributed by atoms with Crippen molar-refractivity contribution in [3.63, 3.8) is 0 Å². The Balaban J connectivity index is 2.02. The molecule has 23 heavy (non-hydrogen) atoms. The van der Waals surface area contributed by atoms with E-state index in [9.17, 15) is 18.0 Å². The Hall–Kier alpha value is -1.76. The number of carbonyl (C=O) groups is 1. The molecular weight excluding hydrogens is 311 g/mol. The summed E-state index contributed by atoms with van der Waals surface area (Å²) in [6.45, 7) is 1.75. The van der Waals surface area contributed by atoms with E-state index in [2.05, 4.69) is 4.74 Å². The number of hydrogen-bond donors (Lipinski definition) is 0. The Morgan fingerprint density at radius 2 is 1.91 bits per heavy atom. The summed E-state index contributed by atoms with van der Waals surface area (Å²) in [4.78, 5) is 14.1. The fourth-order valence-corrected chi connectivity index (χ4v) is 2.74. The van der Waals surface area contributed by atoms with Crippen molar-refractivity contribution in [3.8, 4) is 5.75 Å². The predicted molar refractivity (Wildman–Crippen MR) is 78.2 cm³/mol. The smallest absolute Gasteiger partial charge is 0.405 e. The largest absolute Gasteiger partial charge is 0.573 e. The van der Waals surface area contributed by atoms with Crippen molar-refractivity contribution in [2.75, 3.05) is 26.8 Å². The highest BCUT2D eigenvalue weighted by Crippen LogP contribution is 2.29. The van der Waals surface area contributed by atoms with Crippen LogP contribution in [0.4, 0.5) is 13.2 Å². The topological polar surface area (TPSA) is 38.8 Å². The van der Waals surface area contributed by atoms with Gasteiger partial charge in [-0.3, -0.25) is 4.79 Å². The van der Waals surface area contributed by atoms with E-state index in [1.54, 1.807) is 12.0 Å². The molecule has 1 aliphatic heterocycles. The van der Waals surface area contributed by atoms with Crippen LogP contribution in [0.2, 0.25) is 0 Å². The van der Waals surface area contributed by atoms with E-state index >= 15 is 0 Å². The first-order valence-electron chi connectivity index (χ1n) is 7.53. The van der Waals surface area contributed by atoms with Gasteiger partial charge in [-0.15, -0.1) is 13.2 Å². The highest BCUT2D eigenvalue weighted by Gasteiger charge is 2.34. The average Bonchev–Trinajstić information content (AvgIpc) is 2.52. The molecule has 0 unspecified atom stereocenters. The molecule has 1 fully saturated rings. The number of likely N-dealkylation sites (tertiary alicyclic amines) is 1. The van der Waals surface area contributed by atoms with Crippen LogP contribution in [0.1, 0.15) is 29.6 Å². The first-order chi connectivity index (χ1) is 10.9. The maximum absolute atomic E-state index is 12.5. The number of nitrogens with zero attached hydrogens (tertiary/aromatic N) is 1. The number of hydrogen-bond acceptors (Lipinski definition) is 3. The van der Waals surface area contributed by atoms with Crippen molar-refractivity contribution in [3.05, 3.63) is 29.8 Å². The highest BCUT2D eigenvalue weighted by atomic mass is 19.4. The van der Waals surface area contributed by atoms with Gasteiger partial charge in [0.2, 0.25) is 0 Å². The quantitative estimate of drug-likeness (QED) is 0.829. The number of alkyl halides is 3. The Morgan fingerprint density at radius 1 is 1.26 bits per heavy atom. The van der Waals surface area contributed by atoms with Crippen LogP contribution in [0.3, 0.4) is 0 Å². The van der Waals surface area contributed by atoms with E-state index in [1.807, 2.05) is 0 Å². The average molecular weight is 331 g/mol. The van der Waals surface area contributed by atoms with Gasteiger partial charge < -0.3 is 14.4 Å². The first kappa shape index (κ1) is 17.6. The molecule has 128 valence electrons. The number of ether oxygens (including phenoxy) is 2. The van der Waals surface area contributed by atoms with Gasteiger partial charge in [-0.25, -0.2) is 0 Å². The maximum atomic E-state index is 12.5. The second kappa shape index (κ2) is 7.68. The number of para-hydroxylation sites is 1. The molecule has 0 aliphatic carbocycles. The number of rotatable bonds is 5. The molecule has 1 heterocycles. The van der Waals surface area contributed by atoms with Gasteiger partial charge >= 0.3 is 6.36 Å². The molecule has 4 nitrogen and oxygen atoms in total. The van der Waals surface area contributed by atoms with E-state index in [0.717, 1.165) is 25.3 Å². The van der Waals surface area contributed by atoms with E-state index in [0.29, 0.717) is 25.6 Å². The third kappa shape index (κ3) is 5.13. The monoisotopic (exact) mass is 331 g/mol. The van der Waals surface area contributed by atoms with Crippen molar-refractivity contribution in [1.82, 2.24) is 4.90 Å². The molecule has 0 saturated carbocycles. The molecular formula is C16H20F3NO3. The number of halogens is 3. The summed E-state index contributed by atoms with van der Waals surface area (Å²) in [6.07, 6.45) is -2.22. The van der Waals surface area contributed by atoms with E-state index < -0.39 is 18.0 Å². The van der Waals surface area contributed by atoms with Gasteiger partial charge in [-0.05, 0) is 37.3 Å². The first-order valence-corrected chi connectivity index (χ1v) is 7.53. The van der Waals surface area contributed by atoms with Crippen LogP contribution in [-0.2, 0) is 4.74 Å². The Labute approximate surface area is 133 Å². The number of amides is 1. The van der Waals surface area contributed by atoms with Gasteiger partial charge in [-0.2, -0.15) is 0 Å². The van der Waals surface area contributed by atoms with Gasteiger partial charge in [0.25, 0.3) is 5.91 Å². The lowest BCUT2D eigenvalue weighted by Gasteiger charge is -2.32. The van der Waals surface area contributed by atoms with Crippen LogP contribution in [-0.4, -0.2) is 44.0 Å². The van der Waals surface area contributed by atoms with Crippen molar-refractivity contribution >= 4 is 5.91 Å². The highest BCUT2D eigenvalue weighted by molar-refractivity contribution is 5.97. The number of carbonyl (C=O) groups excluding carboxylic acids is 1. The molecule has 0 aromatic heterocycles. The van der Waals surface area contributed by atoms with Gasteiger partial charge in [0.15, 0.2) is 0 Å². The zero-order valence-corrected chi connectivity index (χ0v) is 12.9. The molecule has 7 heteroatoms. The zero-order valence-electron chi connectivity index (χ0n) is 12.9. The third-order valence-corrected chi connectivity index (χ3v) is 3.98. The summed E-state index contributed by atoms with van der Waals surface area (Å²) in [5.41, 5.74) is -0.0554. The molecule has 1 amide bonds. The van der Waals surface area contributed by atoms with Crippen LogP contribution < -0.4 is 4.74 Å². The van der Waals surface area contributed by atoms with Crippen molar-refractivity contribution in [2.24, 2.45) is 5.92 Å². The number of piperidine rings is 1. The van der Waals surface area contributed by atoms with Gasteiger partial charge in [0.1, 0.15) is 5.75 Å². The summed E-state index contributed by atoms with van der Waals surface area (Å²) in [5, 5.41) is 0. The molecule has 0 bridgehead atoms. The van der Waals surface area contributed by atoms with E-state index in [-0.39, 0.29) is 5.56 Å². The van der Waals surface area contributed by atoms with Crippen molar-refractivity contribution < 1.29 is 27.4 Å². The van der Waals surface area contributed by atoms with Crippen LogP contribution in [0.5, 0.6) is 5.75 Å². The minimum Gasteiger partial charge on any atom is -0.405 e. The fraction of sp³-hybridized carbons (Fsp3) is 0.562. The molecule has 1 aromatic rings. The Morgan fingerprint density at radius 3 is 2.52 bits per heavy atom. The molecule has 2 rings (SSSR count). The maximum Gasteiger partial charge on any atom is 0.573 e. The SMILES string of the molecule is COCCC1CCN(C(=O)c2ccccc2OC(F)(F)F)CC1. The molecule has 0 N–H and O–H groups in total. The van der Waals surface area contributed by atoms with Gasteiger partial charge in [-0.1, -0.05) is 12.1 Å². The number of benzene rings is 1. The van der Waals surface area contributed by atoms with Crippen LogP contribution in [0.25, 0.3) is 0 Å². The normalized spacial score (nSPS) is 16.4. The second-order valence-electron chi connectivity index (χ2n) is 5.56. The van der Waals surface area contributed by atoms with Crippen molar-refractivity contribution in [1.29, 1.82) is 0 Å². The summed E-state index contributed by atoms with van der Waals surface area (Å²) >= 11 is 0. The molecule has 1 aliphatic rings. The summed E-state index contributed by atoms with van der Waals surface area (Å²) in [6, 6.07) is 5.46. The van der Waals surface area contributed by atoms with E-state index in [1.165, 1.54) is 18.2 Å². The fourth-order valence-electron chi connectivity index (χ4n) is 2.74. The van der Waals surface area contributed by atoms with Crippen LogP contribution >= 0.6 is 0 Å². The molecule has 1 aromatic carbocycles. The van der Waals surface area contributed by atoms with Crippen molar-refractivity contribution in [2.45, 2.75) is 25.6 Å². The van der Waals surface area contributed by atoms with Gasteiger partial charge in [0, 0.05) is 26.8 Å². The number of methoxy groups -OCH3 is 1. The standard InChI is InChI=1S/C16H20F3NO3/c1-22-11-8-12-6-9-20(10-7-12)15(21)13-4-2-3-5-14(13)23-16(17,18)19/h2-5,12H,6-11H2,1H3. The zero-order chi connectivity index (χ0) is 16.9. The Kier molecular flexibility index (Phi) is 5.87. The molecule has 0 atom stereocenters. The third-order valence-electron chi connectivity index (χ3n) is 3.98. The van der Waals surface area contributed by atoms with Crippen LogP contribution in [0, 0.1) is 5.92 Å². The predicted octanol–water partition coefficient (Wildman–Crippen LogP) is 3.47. The van der Waals surface area contributed by atoms with E-state index in [4.69, 9.17) is 4.74 Å². The lowest BCUT2D eigenvalue weighted by Crippen LogP contribution is -2.39. The Bertz CT molecular complexity index is 526. The lowest BCUT2D eigenvalue weighted by atomic mass is 9.93. The lowest BCUT2D eigenvalue weighted by molar-refractivity contribution is -0.274. The van der Waals surface area contributed by atoms with Gasteiger partial charge in [0.05, 0.1) is 5.56 Å².